The molecule has 0 aliphatic carbocycles. The molecule has 0 unspecified atom stereocenters. The zero-order valence-electron chi connectivity index (χ0n) is 16.1. The molecular formula is C19H30N4O5. The number of para-hydroxylation sites is 1. The number of carbonyl (C=O) groups is 2. The molecule has 1 aliphatic heterocycles. The third-order valence-electron chi connectivity index (χ3n) is 4.78. The molecule has 0 saturated carbocycles. The van der Waals surface area contributed by atoms with E-state index in [2.05, 4.69) is 10.2 Å². The summed E-state index contributed by atoms with van der Waals surface area (Å²) >= 11 is 0. The van der Waals surface area contributed by atoms with Crippen molar-refractivity contribution in [1.82, 2.24) is 20.0 Å². The van der Waals surface area contributed by atoms with Crippen LogP contribution in [0.4, 0.5) is 0 Å². The minimum Gasteiger partial charge on any atom is -0.508 e. The van der Waals surface area contributed by atoms with E-state index < -0.39 is 11.9 Å². The van der Waals surface area contributed by atoms with Crippen molar-refractivity contribution in [2.45, 2.75) is 6.54 Å². The van der Waals surface area contributed by atoms with Crippen LogP contribution in [0.25, 0.3) is 0 Å². The van der Waals surface area contributed by atoms with Gasteiger partial charge >= 0.3 is 11.9 Å². The van der Waals surface area contributed by atoms with Crippen molar-refractivity contribution in [2.24, 2.45) is 0 Å². The average Bonchev–Trinajstić information content (AvgIpc) is 2.62. The van der Waals surface area contributed by atoms with Crippen LogP contribution in [0.15, 0.2) is 24.3 Å². The Balaban J connectivity index is 2.08. The molecule has 1 heterocycles. The summed E-state index contributed by atoms with van der Waals surface area (Å²) < 4.78 is 0. The molecule has 9 heteroatoms. The minimum atomic E-state index is -0.855. The second-order valence-electron chi connectivity index (χ2n) is 6.99. The Labute approximate surface area is 165 Å². The van der Waals surface area contributed by atoms with Crippen molar-refractivity contribution in [3.8, 4) is 5.75 Å². The largest absolute Gasteiger partial charge is 0.508 e. The molecule has 4 N–H and O–H groups in total. The Bertz CT molecular complexity index is 613. The molecule has 2 rings (SSSR count). The fraction of sp³-hybridized carbons (Fsp3) is 0.579. The second kappa shape index (κ2) is 11.6. The van der Waals surface area contributed by atoms with Gasteiger partial charge in [-0.1, -0.05) is 18.2 Å². The van der Waals surface area contributed by atoms with Gasteiger partial charge in [-0.2, -0.15) is 0 Å². The number of aliphatic carboxylic acids is 2. The van der Waals surface area contributed by atoms with Gasteiger partial charge in [0.15, 0.2) is 0 Å². The summed E-state index contributed by atoms with van der Waals surface area (Å²) in [5.41, 5.74) is 0.797. The molecule has 1 aliphatic rings. The van der Waals surface area contributed by atoms with E-state index >= 15 is 0 Å². The third kappa shape index (κ3) is 8.22. The summed E-state index contributed by atoms with van der Waals surface area (Å²) in [4.78, 5) is 28.2. The van der Waals surface area contributed by atoms with Gasteiger partial charge in [-0.3, -0.25) is 24.3 Å². The van der Waals surface area contributed by atoms with E-state index in [4.69, 9.17) is 10.2 Å². The summed E-state index contributed by atoms with van der Waals surface area (Å²) in [6, 6.07) is 7.14. The highest BCUT2D eigenvalue weighted by atomic mass is 16.4. The Kier molecular flexibility index (Phi) is 9.15. The van der Waals surface area contributed by atoms with Gasteiger partial charge in [0, 0.05) is 64.5 Å². The summed E-state index contributed by atoms with van der Waals surface area (Å²) in [5, 5.41) is 31.6. The molecule has 0 amide bonds. The number of nitrogens with one attached hydrogen (secondary N) is 1. The first-order valence-corrected chi connectivity index (χ1v) is 9.52. The van der Waals surface area contributed by atoms with Crippen LogP contribution in [-0.2, 0) is 16.1 Å². The highest BCUT2D eigenvalue weighted by Gasteiger charge is 2.17. The van der Waals surface area contributed by atoms with Gasteiger partial charge < -0.3 is 20.6 Å². The number of phenolic OH excluding ortho intramolecular Hbond substituents is 1. The summed E-state index contributed by atoms with van der Waals surface area (Å²) in [5.74, 6) is -1.48. The molecule has 28 heavy (non-hydrogen) atoms. The lowest BCUT2D eigenvalue weighted by molar-refractivity contribution is -0.139. The van der Waals surface area contributed by atoms with E-state index in [1.54, 1.807) is 12.1 Å². The Morgan fingerprint density at radius 1 is 0.821 bits per heavy atom. The lowest BCUT2D eigenvalue weighted by Crippen LogP contribution is -2.46. The topological polar surface area (TPSA) is 117 Å². The number of rotatable bonds is 6. The quantitative estimate of drug-likeness (QED) is 0.510. The smallest absolute Gasteiger partial charge is 0.317 e. The van der Waals surface area contributed by atoms with Crippen LogP contribution in [0.3, 0.4) is 0 Å². The molecule has 0 aromatic heterocycles. The van der Waals surface area contributed by atoms with E-state index in [1.165, 1.54) is 0 Å². The first-order chi connectivity index (χ1) is 13.4. The van der Waals surface area contributed by atoms with Crippen molar-refractivity contribution < 1.29 is 24.9 Å². The van der Waals surface area contributed by atoms with Crippen LogP contribution >= 0.6 is 0 Å². The number of phenols is 1. The first-order valence-electron chi connectivity index (χ1n) is 9.52. The van der Waals surface area contributed by atoms with Crippen molar-refractivity contribution in [1.29, 1.82) is 0 Å². The van der Waals surface area contributed by atoms with Crippen LogP contribution < -0.4 is 5.32 Å². The number of hydrogen-bond acceptors (Lipinski definition) is 7. The number of benzene rings is 1. The molecule has 1 fully saturated rings. The monoisotopic (exact) mass is 394 g/mol. The van der Waals surface area contributed by atoms with Crippen LogP contribution in [0.1, 0.15) is 5.56 Å². The molecule has 0 radical (unpaired) electrons. The number of aromatic hydroxyl groups is 1. The molecule has 0 bridgehead atoms. The van der Waals surface area contributed by atoms with E-state index in [0.717, 1.165) is 5.56 Å². The van der Waals surface area contributed by atoms with Gasteiger partial charge in [0.1, 0.15) is 5.75 Å². The number of nitrogens with zero attached hydrogens (tertiary/aromatic N) is 3. The molecule has 0 spiro atoms. The normalized spacial score (nSPS) is 18.9. The number of carboxylic acid groups (broad SMARTS) is 2. The highest BCUT2D eigenvalue weighted by molar-refractivity contribution is 5.69. The first kappa shape index (κ1) is 22.1. The highest BCUT2D eigenvalue weighted by Crippen LogP contribution is 2.17. The summed E-state index contributed by atoms with van der Waals surface area (Å²) in [7, 11) is 0. The molecule has 156 valence electrons. The minimum absolute atomic E-state index is 0.0166. The zero-order chi connectivity index (χ0) is 20.4. The predicted molar refractivity (Wildman–Crippen MR) is 104 cm³/mol. The van der Waals surface area contributed by atoms with E-state index in [9.17, 15) is 14.7 Å². The van der Waals surface area contributed by atoms with E-state index in [-0.39, 0.29) is 18.8 Å². The predicted octanol–water partition coefficient (Wildman–Crippen LogP) is -0.429. The summed E-state index contributed by atoms with van der Waals surface area (Å²) in [6.45, 7) is 5.42. The van der Waals surface area contributed by atoms with E-state index in [1.807, 2.05) is 21.9 Å². The number of hydrogen-bond donors (Lipinski definition) is 4. The second-order valence-corrected chi connectivity index (χ2v) is 6.99. The Morgan fingerprint density at radius 3 is 1.82 bits per heavy atom. The Hall–Kier alpha value is -2.20. The molecule has 1 aromatic rings. The van der Waals surface area contributed by atoms with Crippen molar-refractivity contribution in [3.05, 3.63) is 29.8 Å². The zero-order valence-corrected chi connectivity index (χ0v) is 16.1. The maximum absolute atomic E-state index is 11.1. The fourth-order valence-electron chi connectivity index (χ4n) is 3.24. The van der Waals surface area contributed by atoms with Gasteiger partial charge in [-0.25, -0.2) is 0 Å². The fourth-order valence-corrected chi connectivity index (χ4v) is 3.24. The van der Waals surface area contributed by atoms with Crippen molar-refractivity contribution in [3.63, 3.8) is 0 Å². The van der Waals surface area contributed by atoms with Crippen LogP contribution in [0.5, 0.6) is 5.75 Å². The lowest BCUT2D eigenvalue weighted by Gasteiger charge is -2.30. The number of carboxylic acids is 2. The van der Waals surface area contributed by atoms with Crippen molar-refractivity contribution in [2.75, 3.05) is 65.4 Å². The maximum atomic E-state index is 11.1. The van der Waals surface area contributed by atoms with E-state index in [0.29, 0.717) is 58.9 Å². The van der Waals surface area contributed by atoms with Gasteiger partial charge in [0.25, 0.3) is 0 Å². The van der Waals surface area contributed by atoms with Gasteiger partial charge in [-0.05, 0) is 6.07 Å². The van der Waals surface area contributed by atoms with Crippen LogP contribution in [0, 0.1) is 0 Å². The maximum Gasteiger partial charge on any atom is 0.317 e. The average molecular weight is 394 g/mol. The molecule has 1 aromatic carbocycles. The molecule has 1 saturated heterocycles. The molecule has 9 nitrogen and oxygen atoms in total. The van der Waals surface area contributed by atoms with Crippen molar-refractivity contribution >= 4 is 11.9 Å². The Morgan fingerprint density at radius 2 is 1.32 bits per heavy atom. The van der Waals surface area contributed by atoms with Crippen LogP contribution in [0.2, 0.25) is 0 Å². The molecule has 0 atom stereocenters. The van der Waals surface area contributed by atoms with Gasteiger partial charge in [0.05, 0.1) is 13.1 Å². The third-order valence-corrected chi connectivity index (χ3v) is 4.78. The SMILES string of the molecule is O=C(O)CN1CCNCCN(CC(=O)O)CCN(Cc2ccccc2O)CC1. The lowest BCUT2D eigenvalue weighted by atomic mass is 10.2. The summed E-state index contributed by atoms with van der Waals surface area (Å²) in [6.07, 6.45) is 0. The standard InChI is InChI=1S/C19H30N4O5/c24-17-4-2-1-3-16(17)13-23-11-9-21(14-18(25)26)7-5-20-6-8-22(10-12-23)15-19(27)28/h1-4,20,24H,5-15H2,(H,25,26)(H,27,28). The van der Waals surface area contributed by atoms with Crippen LogP contribution in [-0.4, -0.2) is 107 Å². The van der Waals surface area contributed by atoms with Gasteiger partial charge in [0.2, 0.25) is 0 Å². The van der Waals surface area contributed by atoms with Gasteiger partial charge in [-0.15, -0.1) is 0 Å². The molecular weight excluding hydrogens is 364 g/mol.